The standard InChI is InChI=1S/C11H8F2O2S/c12-8-5-7(3-1-2-4-16)6-9(13)10(8)11(14)15/h5-6,16H,2,4H2,(H,14,15). The maximum absolute atomic E-state index is 13.2. The first-order chi connectivity index (χ1) is 7.56. The molecule has 1 N–H and O–H groups in total. The van der Waals surface area contributed by atoms with Crippen LogP contribution in [0.5, 0.6) is 0 Å². The summed E-state index contributed by atoms with van der Waals surface area (Å²) >= 11 is 3.92. The van der Waals surface area contributed by atoms with Gasteiger partial charge in [-0.1, -0.05) is 11.8 Å². The molecule has 84 valence electrons. The van der Waals surface area contributed by atoms with Crippen molar-refractivity contribution in [2.24, 2.45) is 0 Å². The van der Waals surface area contributed by atoms with Crippen LogP contribution in [0.15, 0.2) is 12.1 Å². The molecular formula is C11H8F2O2S. The average Bonchev–Trinajstić information content (AvgIpc) is 2.16. The molecule has 5 heteroatoms. The SMILES string of the molecule is O=C(O)c1c(F)cc(C#CCCS)cc1F. The Morgan fingerprint density at radius 2 is 1.94 bits per heavy atom. The van der Waals surface area contributed by atoms with Crippen molar-refractivity contribution < 1.29 is 18.7 Å². The Balaban J connectivity index is 3.11. The molecule has 0 aliphatic heterocycles. The van der Waals surface area contributed by atoms with Crippen LogP contribution in [0.3, 0.4) is 0 Å². The monoisotopic (exact) mass is 242 g/mol. The van der Waals surface area contributed by atoms with Crippen molar-refractivity contribution in [3.05, 3.63) is 34.9 Å². The zero-order valence-electron chi connectivity index (χ0n) is 8.13. The van der Waals surface area contributed by atoms with E-state index >= 15 is 0 Å². The number of thiol groups is 1. The number of benzene rings is 1. The molecule has 2 nitrogen and oxygen atoms in total. The number of carbonyl (C=O) groups is 1. The summed E-state index contributed by atoms with van der Waals surface area (Å²) in [5.74, 6) is 1.84. The van der Waals surface area contributed by atoms with Gasteiger partial charge in [-0.3, -0.25) is 0 Å². The molecule has 0 saturated heterocycles. The van der Waals surface area contributed by atoms with E-state index in [1.54, 1.807) is 0 Å². The van der Waals surface area contributed by atoms with Gasteiger partial charge in [-0.25, -0.2) is 13.6 Å². The summed E-state index contributed by atoms with van der Waals surface area (Å²) in [6.07, 6.45) is 0.493. The van der Waals surface area contributed by atoms with E-state index in [9.17, 15) is 13.6 Å². The number of carboxylic acids is 1. The minimum atomic E-state index is -1.63. The van der Waals surface area contributed by atoms with Crippen molar-refractivity contribution in [2.75, 3.05) is 5.75 Å². The topological polar surface area (TPSA) is 37.3 Å². The molecule has 0 aliphatic rings. The summed E-state index contributed by atoms with van der Waals surface area (Å²) in [7, 11) is 0. The van der Waals surface area contributed by atoms with E-state index in [4.69, 9.17) is 5.11 Å². The van der Waals surface area contributed by atoms with Gasteiger partial charge in [-0.15, -0.1) is 0 Å². The minimum Gasteiger partial charge on any atom is -0.477 e. The highest BCUT2D eigenvalue weighted by Gasteiger charge is 2.16. The molecule has 0 spiro atoms. The van der Waals surface area contributed by atoms with Gasteiger partial charge in [0.25, 0.3) is 0 Å². The highest BCUT2D eigenvalue weighted by molar-refractivity contribution is 7.80. The fourth-order valence-corrected chi connectivity index (χ4v) is 1.18. The van der Waals surface area contributed by atoms with Crippen LogP contribution in [0.1, 0.15) is 22.3 Å². The van der Waals surface area contributed by atoms with Crippen LogP contribution < -0.4 is 0 Å². The number of carboxylic acid groups (broad SMARTS) is 1. The van der Waals surface area contributed by atoms with Crippen molar-refractivity contribution in [1.82, 2.24) is 0 Å². The third-order valence-corrected chi connectivity index (χ3v) is 1.95. The molecule has 0 amide bonds. The van der Waals surface area contributed by atoms with Crippen LogP contribution in [-0.4, -0.2) is 16.8 Å². The van der Waals surface area contributed by atoms with Gasteiger partial charge in [0.05, 0.1) is 0 Å². The van der Waals surface area contributed by atoms with Crippen molar-refractivity contribution in [1.29, 1.82) is 0 Å². The van der Waals surface area contributed by atoms with Crippen LogP contribution in [0.2, 0.25) is 0 Å². The van der Waals surface area contributed by atoms with Crippen molar-refractivity contribution >= 4 is 18.6 Å². The first-order valence-corrected chi connectivity index (χ1v) is 5.01. The molecule has 1 aromatic carbocycles. The smallest absolute Gasteiger partial charge is 0.341 e. The van der Waals surface area contributed by atoms with E-state index in [0.29, 0.717) is 12.2 Å². The summed E-state index contributed by atoms with van der Waals surface area (Å²) in [6, 6.07) is 1.80. The molecule has 0 aliphatic carbocycles. The lowest BCUT2D eigenvalue weighted by Crippen LogP contribution is -2.05. The molecule has 0 fully saturated rings. The molecule has 0 saturated carbocycles. The van der Waals surface area contributed by atoms with Crippen LogP contribution in [0, 0.1) is 23.5 Å². The summed E-state index contributed by atoms with van der Waals surface area (Å²) < 4.78 is 26.3. The zero-order chi connectivity index (χ0) is 12.1. The molecule has 0 bridgehead atoms. The van der Waals surface area contributed by atoms with Gasteiger partial charge >= 0.3 is 5.97 Å². The van der Waals surface area contributed by atoms with E-state index < -0.39 is 23.2 Å². The Labute approximate surface area is 96.7 Å². The summed E-state index contributed by atoms with van der Waals surface area (Å²) in [5.41, 5.74) is -0.846. The lowest BCUT2D eigenvalue weighted by molar-refractivity contribution is 0.0686. The predicted molar refractivity (Wildman–Crippen MR) is 58.7 cm³/mol. The van der Waals surface area contributed by atoms with E-state index in [-0.39, 0.29) is 5.56 Å². The Bertz CT molecular complexity index is 452. The Hall–Kier alpha value is -1.54. The molecule has 0 radical (unpaired) electrons. The summed E-state index contributed by atoms with van der Waals surface area (Å²) in [5, 5.41) is 8.53. The van der Waals surface area contributed by atoms with Crippen molar-refractivity contribution in [2.45, 2.75) is 6.42 Å². The molecule has 1 rings (SSSR count). The van der Waals surface area contributed by atoms with Crippen molar-refractivity contribution in [3.63, 3.8) is 0 Å². The first-order valence-electron chi connectivity index (χ1n) is 4.38. The fraction of sp³-hybridized carbons (Fsp3) is 0.182. The zero-order valence-corrected chi connectivity index (χ0v) is 9.02. The van der Waals surface area contributed by atoms with Crippen LogP contribution in [0.4, 0.5) is 8.78 Å². The van der Waals surface area contributed by atoms with Gasteiger partial charge in [0, 0.05) is 17.7 Å². The van der Waals surface area contributed by atoms with E-state index in [0.717, 1.165) is 12.1 Å². The third-order valence-electron chi connectivity index (χ3n) is 1.73. The summed E-state index contributed by atoms with van der Waals surface area (Å²) in [6.45, 7) is 0. The predicted octanol–water partition coefficient (Wildman–Crippen LogP) is 2.33. The van der Waals surface area contributed by atoms with Gasteiger partial charge in [0.15, 0.2) is 0 Å². The average molecular weight is 242 g/mol. The second kappa shape index (κ2) is 5.52. The van der Waals surface area contributed by atoms with Gasteiger partial charge in [0.2, 0.25) is 0 Å². The maximum Gasteiger partial charge on any atom is 0.341 e. The highest BCUT2D eigenvalue weighted by Crippen LogP contribution is 2.14. The van der Waals surface area contributed by atoms with Gasteiger partial charge < -0.3 is 5.11 Å². The fourth-order valence-electron chi connectivity index (χ4n) is 1.07. The minimum absolute atomic E-state index is 0.113. The second-order valence-corrected chi connectivity index (χ2v) is 3.34. The molecule has 0 aromatic heterocycles. The lowest BCUT2D eigenvalue weighted by atomic mass is 10.1. The largest absolute Gasteiger partial charge is 0.477 e. The molecule has 0 atom stereocenters. The van der Waals surface area contributed by atoms with E-state index in [1.165, 1.54) is 0 Å². The molecule has 0 unspecified atom stereocenters. The van der Waals surface area contributed by atoms with Crippen LogP contribution >= 0.6 is 12.6 Å². The number of hydrogen-bond acceptors (Lipinski definition) is 2. The second-order valence-electron chi connectivity index (χ2n) is 2.90. The van der Waals surface area contributed by atoms with Crippen LogP contribution in [0.25, 0.3) is 0 Å². The molecular weight excluding hydrogens is 234 g/mol. The first kappa shape index (κ1) is 12.5. The van der Waals surface area contributed by atoms with E-state index in [1.807, 2.05) is 0 Å². The van der Waals surface area contributed by atoms with Gasteiger partial charge in [-0.05, 0) is 12.1 Å². The number of hydrogen-bond donors (Lipinski definition) is 2. The maximum atomic E-state index is 13.2. The van der Waals surface area contributed by atoms with Crippen molar-refractivity contribution in [3.8, 4) is 11.8 Å². The number of aromatic carboxylic acids is 1. The third kappa shape index (κ3) is 2.97. The summed E-state index contributed by atoms with van der Waals surface area (Å²) in [4.78, 5) is 10.5. The Kier molecular flexibility index (Phi) is 4.32. The molecule has 16 heavy (non-hydrogen) atoms. The highest BCUT2D eigenvalue weighted by atomic mass is 32.1. The normalized spacial score (nSPS) is 9.44. The Morgan fingerprint density at radius 3 is 2.38 bits per heavy atom. The van der Waals surface area contributed by atoms with Crippen LogP contribution in [-0.2, 0) is 0 Å². The molecule has 0 heterocycles. The van der Waals surface area contributed by atoms with E-state index in [2.05, 4.69) is 24.5 Å². The Morgan fingerprint density at radius 1 is 1.38 bits per heavy atom. The number of halogens is 2. The van der Waals surface area contributed by atoms with Gasteiger partial charge in [0.1, 0.15) is 17.2 Å². The quantitative estimate of drug-likeness (QED) is 0.617. The lowest BCUT2D eigenvalue weighted by Gasteiger charge is -2.00. The molecule has 1 aromatic rings. The van der Waals surface area contributed by atoms with Gasteiger partial charge in [-0.2, -0.15) is 12.6 Å². The number of rotatable bonds is 2.